The van der Waals surface area contributed by atoms with E-state index in [0.717, 1.165) is 22.5 Å². The highest BCUT2D eigenvalue weighted by molar-refractivity contribution is 7.91. The number of anilines is 1. The number of urea groups is 1. The average Bonchev–Trinajstić information content (AvgIpc) is 3.30. The third-order valence-corrected chi connectivity index (χ3v) is 8.38. The van der Waals surface area contributed by atoms with Crippen molar-refractivity contribution >= 4 is 45.0 Å². The molecule has 11 heteroatoms. The van der Waals surface area contributed by atoms with E-state index in [1.54, 1.807) is 23.6 Å². The molecule has 1 fully saturated rings. The molecule has 1 aliphatic rings. The molecule has 0 aliphatic carbocycles. The monoisotopic (exact) mass is 479 g/mol. The lowest BCUT2D eigenvalue weighted by Gasteiger charge is -2.29. The zero-order valence-corrected chi connectivity index (χ0v) is 19.4. The summed E-state index contributed by atoms with van der Waals surface area (Å²) < 4.78 is 31.7. The van der Waals surface area contributed by atoms with Gasteiger partial charge in [-0.15, -0.1) is 11.3 Å². The normalized spacial score (nSPS) is 15.2. The van der Waals surface area contributed by atoms with Gasteiger partial charge in [-0.3, -0.25) is 14.9 Å². The van der Waals surface area contributed by atoms with Crippen molar-refractivity contribution in [3.05, 3.63) is 46.8 Å². The fourth-order valence-corrected chi connectivity index (χ4v) is 6.01. The van der Waals surface area contributed by atoms with Crippen molar-refractivity contribution in [2.75, 3.05) is 25.0 Å². The van der Waals surface area contributed by atoms with Gasteiger partial charge >= 0.3 is 12.0 Å². The molecule has 1 saturated heterocycles. The average molecular weight is 480 g/mol. The Morgan fingerprint density at radius 1 is 1.16 bits per heavy atom. The SMILES string of the molecule is Cc1ccc(NC(=O)NC(=O)COC(=O)C2CCN(S(=O)(=O)c3cccs3)CC2)c(C)c1. The number of carbonyl (C=O) groups is 3. The van der Waals surface area contributed by atoms with Crippen LogP contribution in [0.25, 0.3) is 0 Å². The van der Waals surface area contributed by atoms with Crippen molar-refractivity contribution in [3.63, 3.8) is 0 Å². The van der Waals surface area contributed by atoms with Crippen LogP contribution in [0, 0.1) is 19.8 Å². The number of piperidine rings is 1. The first-order chi connectivity index (χ1) is 15.2. The molecule has 1 aromatic heterocycles. The van der Waals surface area contributed by atoms with E-state index in [9.17, 15) is 22.8 Å². The molecule has 2 heterocycles. The number of imide groups is 1. The minimum absolute atomic E-state index is 0.199. The Morgan fingerprint density at radius 2 is 1.88 bits per heavy atom. The number of sulfonamides is 1. The molecule has 2 N–H and O–H groups in total. The van der Waals surface area contributed by atoms with Crippen LogP contribution in [0.15, 0.2) is 39.9 Å². The van der Waals surface area contributed by atoms with E-state index in [2.05, 4.69) is 10.6 Å². The van der Waals surface area contributed by atoms with Crippen LogP contribution in [-0.2, 0) is 24.3 Å². The maximum Gasteiger partial charge on any atom is 0.325 e. The van der Waals surface area contributed by atoms with Crippen molar-refractivity contribution in [2.24, 2.45) is 5.92 Å². The van der Waals surface area contributed by atoms with Crippen molar-refractivity contribution in [3.8, 4) is 0 Å². The molecule has 9 nitrogen and oxygen atoms in total. The van der Waals surface area contributed by atoms with Gasteiger partial charge in [0.2, 0.25) is 0 Å². The summed E-state index contributed by atoms with van der Waals surface area (Å²) in [5.74, 6) is -1.83. The molecule has 0 atom stereocenters. The number of hydrogen-bond acceptors (Lipinski definition) is 7. The molecule has 3 amide bonds. The van der Waals surface area contributed by atoms with E-state index < -0.39 is 40.5 Å². The second-order valence-electron chi connectivity index (χ2n) is 7.54. The van der Waals surface area contributed by atoms with Crippen molar-refractivity contribution in [2.45, 2.75) is 30.9 Å². The number of carbonyl (C=O) groups excluding carboxylic acids is 3. The largest absolute Gasteiger partial charge is 0.455 e. The molecule has 2 aromatic rings. The van der Waals surface area contributed by atoms with Crippen molar-refractivity contribution in [1.29, 1.82) is 0 Å². The molecule has 0 saturated carbocycles. The lowest BCUT2D eigenvalue weighted by Crippen LogP contribution is -2.41. The van der Waals surface area contributed by atoms with Gasteiger partial charge in [0.05, 0.1) is 5.92 Å². The summed E-state index contributed by atoms with van der Waals surface area (Å²) in [7, 11) is -3.55. The van der Waals surface area contributed by atoms with E-state index in [1.807, 2.05) is 26.0 Å². The molecular weight excluding hydrogens is 454 g/mol. The van der Waals surface area contributed by atoms with Crippen LogP contribution in [0.1, 0.15) is 24.0 Å². The Labute approximate surface area is 190 Å². The minimum atomic E-state index is -3.55. The van der Waals surface area contributed by atoms with Gasteiger partial charge in [-0.1, -0.05) is 23.8 Å². The fourth-order valence-electron chi connectivity index (χ4n) is 3.39. The summed E-state index contributed by atoms with van der Waals surface area (Å²) in [5.41, 5.74) is 2.47. The van der Waals surface area contributed by atoms with Crippen LogP contribution in [0.4, 0.5) is 10.5 Å². The van der Waals surface area contributed by atoms with E-state index in [-0.39, 0.29) is 17.3 Å². The predicted molar refractivity (Wildman–Crippen MR) is 120 cm³/mol. The number of thiophene rings is 1. The lowest BCUT2D eigenvalue weighted by atomic mass is 9.98. The van der Waals surface area contributed by atoms with E-state index >= 15 is 0 Å². The summed E-state index contributed by atoms with van der Waals surface area (Å²) >= 11 is 1.15. The topological polar surface area (TPSA) is 122 Å². The standard InChI is InChI=1S/C21H25N3O6S2/c1-14-5-6-17(15(2)12-14)22-21(27)23-18(25)13-30-20(26)16-7-9-24(10-8-16)32(28,29)19-4-3-11-31-19/h3-6,11-12,16H,7-10,13H2,1-2H3,(H2,22,23,25,27). The summed E-state index contributed by atoms with van der Waals surface area (Å²) in [4.78, 5) is 36.2. The van der Waals surface area contributed by atoms with E-state index in [0.29, 0.717) is 18.5 Å². The Morgan fingerprint density at radius 3 is 2.50 bits per heavy atom. The lowest BCUT2D eigenvalue weighted by molar-refractivity contribution is -0.153. The molecule has 0 spiro atoms. The van der Waals surface area contributed by atoms with Crippen LogP contribution >= 0.6 is 11.3 Å². The van der Waals surface area contributed by atoms with Gasteiger partial charge in [0.25, 0.3) is 15.9 Å². The number of nitrogens with zero attached hydrogens (tertiary/aromatic N) is 1. The zero-order chi connectivity index (χ0) is 23.3. The predicted octanol–water partition coefficient (Wildman–Crippen LogP) is 2.66. The van der Waals surface area contributed by atoms with Gasteiger partial charge in [-0.05, 0) is 49.8 Å². The molecule has 0 radical (unpaired) electrons. The maximum absolute atomic E-state index is 12.5. The number of ether oxygens (including phenoxy) is 1. The summed E-state index contributed by atoms with van der Waals surface area (Å²) in [6.07, 6.45) is 0.608. The number of rotatable bonds is 6. The highest BCUT2D eigenvalue weighted by atomic mass is 32.2. The Kier molecular flexibility index (Phi) is 7.64. The summed E-state index contributed by atoms with van der Waals surface area (Å²) in [5, 5.41) is 6.39. The first-order valence-corrected chi connectivity index (χ1v) is 12.4. The fraction of sp³-hybridized carbons (Fsp3) is 0.381. The second-order valence-corrected chi connectivity index (χ2v) is 10.7. The smallest absolute Gasteiger partial charge is 0.325 e. The number of hydrogen-bond donors (Lipinski definition) is 2. The zero-order valence-electron chi connectivity index (χ0n) is 17.8. The second kappa shape index (κ2) is 10.2. The van der Waals surface area contributed by atoms with Crippen LogP contribution < -0.4 is 10.6 Å². The third-order valence-electron chi connectivity index (χ3n) is 5.11. The van der Waals surface area contributed by atoms with Gasteiger partial charge in [-0.25, -0.2) is 13.2 Å². The molecular formula is C21H25N3O6S2. The highest BCUT2D eigenvalue weighted by Gasteiger charge is 2.33. The van der Waals surface area contributed by atoms with Crippen LogP contribution in [-0.4, -0.2) is 50.3 Å². The molecule has 32 heavy (non-hydrogen) atoms. The molecule has 3 rings (SSSR count). The van der Waals surface area contributed by atoms with Gasteiger partial charge in [-0.2, -0.15) is 4.31 Å². The maximum atomic E-state index is 12.5. The van der Waals surface area contributed by atoms with Crippen LogP contribution in [0.2, 0.25) is 0 Å². The van der Waals surface area contributed by atoms with E-state index in [1.165, 1.54) is 4.31 Å². The number of amides is 3. The molecule has 0 unspecified atom stereocenters. The molecule has 0 bridgehead atoms. The van der Waals surface area contributed by atoms with Gasteiger partial charge in [0.1, 0.15) is 4.21 Å². The number of aryl methyl sites for hydroxylation is 2. The van der Waals surface area contributed by atoms with Gasteiger partial charge in [0.15, 0.2) is 6.61 Å². The van der Waals surface area contributed by atoms with Crippen LogP contribution in [0.5, 0.6) is 0 Å². The van der Waals surface area contributed by atoms with Crippen LogP contribution in [0.3, 0.4) is 0 Å². The first-order valence-electron chi connectivity index (χ1n) is 10.0. The van der Waals surface area contributed by atoms with Crippen molar-refractivity contribution in [1.82, 2.24) is 9.62 Å². The number of esters is 1. The summed E-state index contributed by atoms with van der Waals surface area (Å²) in [6, 6.07) is 7.98. The molecule has 1 aliphatic heterocycles. The number of nitrogens with one attached hydrogen (secondary N) is 2. The van der Waals surface area contributed by atoms with Crippen molar-refractivity contribution < 1.29 is 27.5 Å². The Balaban J connectivity index is 1.42. The molecule has 1 aromatic carbocycles. The highest BCUT2D eigenvalue weighted by Crippen LogP contribution is 2.26. The Hall–Kier alpha value is -2.76. The third kappa shape index (κ3) is 5.93. The number of benzene rings is 1. The Bertz CT molecular complexity index is 1090. The van der Waals surface area contributed by atoms with Gasteiger partial charge in [0, 0.05) is 18.8 Å². The van der Waals surface area contributed by atoms with E-state index in [4.69, 9.17) is 4.74 Å². The first kappa shape index (κ1) is 23.9. The summed E-state index contributed by atoms with van der Waals surface area (Å²) in [6.45, 7) is 3.58. The van der Waals surface area contributed by atoms with Gasteiger partial charge < -0.3 is 10.1 Å². The quantitative estimate of drug-likeness (QED) is 0.615. The minimum Gasteiger partial charge on any atom is -0.455 e. The molecule has 172 valence electrons.